The van der Waals surface area contributed by atoms with Crippen LogP contribution in [-0.2, 0) is 0 Å². The molecule has 1 saturated carbocycles. The van der Waals surface area contributed by atoms with Gasteiger partial charge < -0.3 is 15.4 Å². The van der Waals surface area contributed by atoms with Gasteiger partial charge in [0.2, 0.25) is 0 Å². The molecule has 1 aliphatic rings. The fourth-order valence-electron chi connectivity index (χ4n) is 2.97. The number of ether oxygens (including phenoxy) is 1. The van der Waals surface area contributed by atoms with Crippen molar-refractivity contribution in [3.8, 4) is 5.75 Å². The van der Waals surface area contributed by atoms with E-state index >= 15 is 0 Å². The molecule has 22 heavy (non-hydrogen) atoms. The zero-order chi connectivity index (χ0) is 15.2. The molecule has 3 nitrogen and oxygen atoms in total. The van der Waals surface area contributed by atoms with Crippen molar-refractivity contribution >= 4 is 17.1 Å². The minimum Gasteiger partial charge on any atom is -0.497 e. The first-order chi connectivity index (χ1) is 10.8. The third kappa shape index (κ3) is 3.94. The number of nitrogens with one attached hydrogen (secondary N) is 2. The molecule has 2 aromatic carbocycles. The highest BCUT2D eigenvalue weighted by Gasteiger charge is 2.12. The number of hydrogen-bond donors (Lipinski definition) is 2. The molecule has 2 aromatic rings. The highest BCUT2D eigenvalue weighted by molar-refractivity contribution is 5.63. The first kappa shape index (κ1) is 14.8. The van der Waals surface area contributed by atoms with Crippen molar-refractivity contribution < 1.29 is 4.74 Å². The lowest BCUT2D eigenvalue weighted by Gasteiger charge is -2.24. The fraction of sp³-hybridized carbons (Fsp3) is 0.368. The third-order valence-corrected chi connectivity index (χ3v) is 4.24. The first-order valence-electron chi connectivity index (χ1n) is 8.11. The zero-order valence-corrected chi connectivity index (χ0v) is 13.1. The minimum absolute atomic E-state index is 0.647. The lowest BCUT2D eigenvalue weighted by atomic mass is 9.95. The van der Waals surface area contributed by atoms with Gasteiger partial charge in [-0.3, -0.25) is 0 Å². The minimum atomic E-state index is 0.647. The summed E-state index contributed by atoms with van der Waals surface area (Å²) in [4.78, 5) is 0. The van der Waals surface area contributed by atoms with Gasteiger partial charge >= 0.3 is 0 Å². The van der Waals surface area contributed by atoms with Crippen molar-refractivity contribution in [2.24, 2.45) is 0 Å². The van der Waals surface area contributed by atoms with Crippen LogP contribution in [0.25, 0.3) is 0 Å². The molecule has 0 radical (unpaired) electrons. The average molecular weight is 296 g/mol. The summed E-state index contributed by atoms with van der Waals surface area (Å²) in [6.07, 6.45) is 6.70. The molecular weight excluding hydrogens is 272 g/mol. The van der Waals surface area contributed by atoms with Gasteiger partial charge in [0.25, 0.3) is 0 Å². The summed E-state index contributed by atoms with van der Waals surface area (Å²) in [6, 6.07) is 17.2. The van der Waals surface area contributed by atoms with Crippen LogP contribution in [0.2, 0.25) is 0 Å². The Balaban J connectivity index is 1.58. The summed E-state index contributed by atoms with van der Waals surface area (Å²) in [5, 5.41) is 7.05. The van der Waals surface area contributed by atoms with E-state index in [2.05, 4.69) is 34.9 Å². The maximum absolute atomic E-state index is 5.17. The van der Waals surface area contributed by atoms with E-state index in [1.54, 1.807) is 7.11 Å². The van der Waals surface area contributed by atoms with E-state index in [1.807, 2.05) is 24.3 Å². The van der Waals surface area contributed by atoms with E-state index in [-0.39, 0.29) is 0 Å². The summed E-state index contributed by atoms with van der Waals surface area (Å²) >= 11 is 0. The molecule has 0 saturated heterocycles. The van der Waals surface area contributed by atoms with Gasteiger partial charge in [0.05, 0.1) is 7.11 Å². The Hall–Kier alpha value is -2.16. The van der Waals surface area contributed by atoms with Crippen molar-refractivity contribution in [3.63, 3.8) is 0 Å². The molecule has 0 bridgehead atoms. The molecule has 0 spiro atoms. The molecule has 0 heterocycles. The summed E-state index contributed by atoms with van der Waals surface area (Å²) in [5.41, 5.74) is 3.38. The number of hydrogen-bond acceptors (Lipinski definition) is 3. The normalized spacial score (nSPS) is 15.3. The van der Waals surface area contributed by atoms with Crippen molar-refractivity contribution in [2.75, 3.05) is 17.7 Å². The quantitative estimate of drug-likeness (QED) is 0.797. The molecule has 3 rings (SSSR count). The second-order valence-corrected chi connectivity index (χ2v) is 5.91. The van der Waals surface area contributed by atoms with E-state index in [1.165, 1.54) is 37.8 Å². The van der Waals surface area contributed by atoms with Crippen LogP contribution in [0.4, 0.5) is 17.1 Å². The molecular formula is C19H24N2O. The molecule has 116 valence electrons. The van der Waals surface area contributed by atoms with Crippen LogP contribution in [-0.4, -0.2) is 13.2 Å². The van der Waals surface area contributed by atoms with Crippen LogP contribution in [0, 0.1) is 0 Å². The van der Waals surface area contributed by atoms with Crippen LogP contribution >= 0.6 is 0 Å². The van der Waals surface area contributed by atoms with Gasteiger partial charge in [-0.05, 0) is 61.4 Å². The Morgan fingerprint density at radius 3 is 1.91 bits per heavy atom. The van der Waals surface area contributed by atoms with E-state index in [9.17, 15) is 0 Å². The maximum Gasteiger partial charge on any atom is 0.119 e. The Kier molecular flexibility index (Phi) is 4.84. The maximum atomic E-state index is 5.17. The molecule has 0 unspecified atom stereocenters. The summed E-state index contributed by atoms with van der Waals surface area (Å²) in [5.74, 6) is 0.873. The summed E-state index contributed by atoms with van der Waals surface area (Å²) in [6.45, 7) is 0. The van der Waals surface area contributed by atoms with Crippen molar-refractivity contribution in [1.82, 2.24) is 0 Å². The number of anilines is 3. The van der Waals surface area contributed by atoms with E-state index in [4.69, 9.17) is 4.74 Å². The predicted octanol–water partition coefficient (Wildman–Crippen LogP) is 5.18. The lowest BCUT2D eigenvalue weighted by molar-refractivity contribution is 0.415. The van der Waals surface area contributed by atoms with Gasteiger partial charge in [0.1, 0.15) is 5.75 Å². The first-order valence-corrected chi connectivity index (χ1v) is 8.11. The van der Waals surface area contributed by atoms with Gasteiger partial charge in [0.15, 0.2) is 0 Å². The Labute approximate surface area is 132 Å². The highest BCUT2D eigenvalue weighted by Crippen LogP contribution is 2.24. The number of rotatable bonds is 5. The van der Waals surface area contributed by atoms with Gasteiger partial charge in [-0.2, -0.15) is 0 Å². The van der Waals surface area contributed by atoms with Crippen LogP contribution in [0.1, 0.15) is 32.1 Å². The van der Waals surface area contributed by atoms with Gasteiger partial charge in [-0.25, -0.2) is 0 Å². The van der Waals surface area contributed by atoms with Gasteiger partial charge in [0, 0.05) is 23.1 Å². The predicted molar refractivity (Wildman–Crippen MR) is 93.2 cm³/mol. The van der Waals surface area contributed by atoms with Crippen LogP contribution in [0.5, 0.6) is 5.75 Å². The van der Waals surface area contributed by atoms with Gasteiger partial charge in [-0.1, -0.05) is 19.3 Å². The van der Waals surface area contributed by atoms with Crippen LogP contribution in [0.3, 0.4) is 0 Å². The Bertz CT molecular complexity index is 571. The number of methoxy groups -OCH3 is 1. The van der Waals surface area contributed by atoms with Crippen LogP contribution < -0.4 is 15.4 Å². The average Bonchev–Trinajstić information content (AvgIpc) is 2.58. The van der Waals surface area contributed by atoms with E-state index < -0.39 is 0 Å². The van der Waals surface area contributed by atoms with Gasteiger partial charge in [-0.15, -0.1) is 0 Å². The molecule has 2 N–H and O–H groups in total. The summed E-state index contributed by atoms with van der Waals surface area (Å²) in [7, 11) is 1.68. The summed E-state index contributed by atoms with van der Waals surface area (Å²) < 4.78 is 5.17. The SMILES string of the molecule is COc1ccc(Nc2ccc(NC3CCCCC3)cc2)cc1. The third-order valence-electron chi connectivity index (χ3n) is 4.24. The molecule has 1 fully saturated rings. The second-order valence-electron chi connectivity index (χ2n) is 5.91. The molecule has 1 aliphatic carbocycles. The van der Waals surface area contributed by atoms with Crippen molar-refractivity contribution in [1.29, 1.82) is 0 Å². The van der Waals surface area contributed by atoms with E-state index in [0.717, 1.165) is 17.1 Å². The Morgan fingerprint density at radius 1 is 0.773 bits per heavy atom. The van der Waals surface area contributed by atoms with E-state index in [0.29, 0.717) is 6.04 Å². The molecule has 0 atom stereocenters. The van der Waals surface area contributed by atoms with Crippen molar-refractivity contribution in [2.45, 2.75) is 38.1 Å². The largest absolute Gasteiger partial charge is 0.497 e. The molecule has 0 aromatic heterocycles. The van der Waals surface area contributed by atoms with Crippen LogP contribution in [0.15, 0.2) is 48.5 Å². The lowest BCUT2D eigenvalue weighted by Crippen LogP contribution is -2.22. The standard InChI is InChI=1S/C19H24N2O/c1-22-19-13-11-18(12-14-19)21-17-9-7-16(8-10-17)20-15-5-3-2-4-6-15/h7-15,20-21H,2-6H2,1H3. The molecule has 3 heteroatoms. The molecule has 0 aliphatic heterocycles. The van der Waals surface area contributed by atoms with Crippen molar-refractivity contribution in [3.05, 3.63) is 48.5 Å². The monoisotopic (exact) mass is 296 g/mol. The zero-order valence-electron chi connectivity index (χ0n) is 13.1. The fourth-order valence-corrected chi connectivity index (χ4v) is 2.97. The molecule has 0 amide bonds. The topological polar surface area (TPSA) is 33.3 Å². The Morgan fingerprint density at radius 2 is 1.32 bits per heavy atom. The second kappa shape index (κ2) is 7.21. The smallest absolute Gasteiger partial charge is 0.119 e. The highest BCUT2D eigenvalue weighted by atomic mass is 16.5. The number of benzene rings is 2.